The van der Waals surface area contributed by atoms with E-state index in [1.54, 1.807) is 25.2 Å². The van der Waals surface area contributed by atoms with Crippen molar-refractivity contribution in [3.8, 4) is 0 Å². The van der Waals surface area contributed by atoms with E-state index in [0.717, 1.165) is 12.0 Å². The number of carbonyl (C=O) groups excluding carboxylic acids is 3. The average molecular weight is 404 g/mol. The smallest absolute Gasteiger partial charge is 0.291 e. The number of amides is 1. The van der Waals surface area contributed by atoms with Crippen LogP contribution in [0.4, 0.5) is 0 Å². The van der Waals surface area contributed by atoms with Gasteiger partial charge in [-0.1, -0.05) is 50.7 Å². The van der Waals surface area contributed by atoms with Gasteiger partial charge in [-0.25, -0.2) is 0 Å². The number of rotatable bonds is 6. The molecule has 1 fully saturated rings. The Bertz CT molecular complexity index is 871. The normalized spacial score (nSPS) is 17.4. The molecular weight excluding hydrogens is 378 g/mol. The lowest BCUT2D eigenvalue weighted by molar-refractivity contribution is -0.150. The summed E-state index contributed by atoms with van der Waals surface area (Å²) in [5, 5.41) is 3.26. The monoisotopic (exact) mass is 403 g/mol. The number of Topliss-reactive ketones (excluding diaryl/α,β-unsaturated/α-hetero) is 1. The Morgan fingerprint density at radius 1 is 1.26 bits per heavy atom. The molecule has 4 nitrogen and oxygen atoms in total. The number of thiophene rings is 1. The van der Waals surface area contributed by atoms with Gasteiger partial charge in [-0.05, 0) is 41.7 Å². The maximum absolute atomic E-state index is 12.8. The maximum atomic E-state index is 12.8. The summed E-state index contributed by atoms with van der Waals surface area (Å²) in [7, 11) is 0. The lowest BCUT2D eigenvalue weighted by Crippen LogP contribution is -2.47. The van der Waals surface area contributed by atoms with Gasteiger partial charge in [0.25, 0.3) is 5.91 Å². The van der Waals surface area contributed by atoms with Crippen LogP contribution in [0.15, 0.2) is 29.6 Å². The molecule has 1 aromatic heterocycles. The first-order chi connectivity index (χ1) is 12.8. The van der Waals surface area contributed by atoms with Crippen LogP contribution in [-0.2, 0) is 20.1 Å². The van der Waals surface area contributed by atoms with Gasteiger partial charge in [-0.2, -0.15) is 0 Å². The molecule has 27 heavy (non-hydrogen) atoms. The average Bonchev–Trinajstić information content (AvgIpc) is 3.32. The summed E-state index contributed by atoms with van der Waals surface area (Å²) in [4.78, 5) is 39.5. The minimum absolute atomic E-state index is 0.0155. The number of benzene rings is 1. The molecule has 6 heteroatoms. The van der Waals surface area contributed by atoms with Crippen molar-refractivity contribution in [3.05, 3.63) is 35.2 Å². The van der Waals surface area contributed by atoms with Gasteiger partial charge < -0.3 is 4.90 Å². The standard InChI is InChI=1S/C21H25NO3S2/c1-4-21(2,3)18(23)19(24)22-11-7-9-16(22)20(25)27-13-14-12-26-17-10-6-5-8-15(14)17/h5-6,8,10,12,16H,4,7,9,11,13H2,1-3H3. The third kappa shape index (κ3) is 4.11. The first kappa shape index (κ1) is 20.1. The van der Waals surface area contributed by atoms with Crippen molar-refractivity contribution >= 4 is 50.0 Å². The number of ketones is 1. The van der Waals surface area contributed by atoms with Crippen LogP contribution in [-0.4, -0.2) is 34.3 Å². The maximum Gasteiger partial charge on any atom is 0.291 e. The zero-order valence-electron chi connectivity index (χ0n) is 16.0. The summed E-state index contributed by atoms with van der Waals surface area (Å²) in [5.41, 5.74) is 0.462. The number of fused-ring (bicyclic) bond motifs is 1. The van der Waals surface area contributed by atoms with Crippen molar-refractivity contribution in [2.45, 2.75) is 51.8 Å². The molecule has 144 valence electrons. The molecule has 2 aromatic rings. The van der Waals surface area contributed by atoms with Gasteiger partial charge in [0.05, 0.1) is 0 Å². The van der Waals surface area contributed by atoms with Crippen molar-refractivity contribution in [2.24, 2.45) is 5.41 Å². The van der Waals surface area contributed by atoms with Gasteiger partial charge in [0.15, 0.2) is 0 Å². The Balaban J connectivity index is 1.67. The van der Waals surface area contributed by atoms with E-state index in [4.69, 9.17) is 0 Å². The van der Waals surface area contributed by atoms with Gasteiger partial charge in [-0.3, -0.25) is 14.4 Å². The summed E-state index contributed by atoms with van der Waals surface area (Å²) in [5.74, 6) is -0.298. The van der Waals surface area contributed by atoms with Gasteiger partial charge >= 0.3 is 0 Å². The van der Waals surface area contributed by atoms with Crippen LogP contribution < -0.4 is 0 Å². The molecule has 0 radical (unpaired) electrons. The zero-order valence-corrected chi connectivity index (χ0v) is 17.6. The van der Waals surface area contributed by atoms with Crippen molar-refractivity contribution in [1.82, 2.24) is 4.90 Å². The second kappa shape index (κ2) is 8.15. The number of hydrogen-bond donors (Lipinski definition) is 0. The fourth-order valence-electron chi connectivity index (χ4n) is 3.22. The van der Waals surface area contributed by atoms with Crippen LogP contribution in [0.1, 0.15) is 45.6 Å². The highest BCUT2D eigenvalue weighted by Gasteiger charge is 2.41. The van der Waals surface area contributed by atoms with Gasteiger partial charge in [0, 0.05) is 22.4 Å². The molecule has 1 aromatic carbocycles. The number of likely N-dealkylation sites (tertiary alicyclic amines) is 1. The molecule has 0 spiro atoms. The van der Waals surface area contributed by atoms with E-state index in [1.807, 2.05) is 19.1 Å². The van der Waals surface area contributed by atoms with E-state index >= 15 is 0 Å². The van der Waals surface area contributed by atoms with Crippen LogP contribution in [0, 0.1) is 5.41 Å². The number of carbonyl (C=O) groups is 3. The molecule has 1 aliphatic heterocycles. The molecule has 1 unspecified atom stereocenters. The van der Waals surface area contributed by atoms with E-state index in [1.165, 1.54) is 26.7 Å². The number of thioether (sulfide) groups is 1. The van der Waals surface area contributed by atoms with E-state index in [0.29, 0.717) is 25.1 Å². The van der Waals surface area contributed by atoms with Gasteiger partial charge in [0.1, 0.15) is 6.04 Å². The molecule has 1 aliphatic rings. The number of nitrogens with zero attached hydrogens (tertiary/aromatic N) is 1. The molecule has 0 saturated carbocycles. The topological polar surface area (TPSA) is 54.5 Å². The minimum atomic E-state index is -0.685. The van der Waals surface area contributed by atoms with Crippen molar-refractivity contribution in [2.75, 3.05) is 6.54 Å². The third-order valence-corrected chi connectivity index (χ3v) is 7.43. The first-order valence-electron chi connectivity index (χ1n) is 9.32. The van der Waals surface area contributed by atoms with Crippen LogP contribution in [0.25, 0.3) is 10.1 Å². The summed E-state index contributed by atoms with van der Waals surface area (Å²) in [6, 6.07) is 7.68. The van der Waals surface area contributed by atoms with Crippen molar-refractivity contribution in [1.29, 1.82) is 0 Å². The highest BCUT2D eigenvalue weighted by Crippen LogP contribution is 2.32. The lowest BCUT2D eigenvalue weighted by atomic mass is 9.84. The summed E-state index contributed by atoms with van der Waals surface area (Å²) in [6.45, 7) is 5.97. The summed E-state index contributed by atoms with van der Waals surface area (Å²) >= 11 is 2.93. The second-order valence-electron chi connectivity index (χ2n) is 7.59. The quantitative estimate of drug-likeness (QED) is 0.659. The predicted molar refractivity (Wildman–Crippen MR) is 112 cm³/mol. The zero-order chi connectivity index (χ0) is 19.6. The largest absolute Gasteiger partial charge is 0.325 e. The fraction of sp³-hybridized carbons (Fsp3) is 0.476. The SMILES string of the molecule is CCC(C)(C)C(=O)C(=O)N1CCCC1C(=O)SCc1csc2ccccc12. The molecule has 1 atom stereocenters. The Kier molecular flexibility index (Phi) is 6.06. The summed E-state index contributed by atoms with van der Waals surface area (Å²) in [6.07, 6.45) is 2.01. The van der Waals surface area contributed by atoms with Crippen LogP contribution in [0.5, 0.6) is 0 Å². The molecule has 0 N–H and O–H groups in total. The number of hydrogen-bond acceptors (Lipinski definition) is 5. The van der Waals surface area contributed by atoms with Crippen LogP contribution in [0.2, 0.25) is 0 Å². The summed E-state index contributed by atoms with van der Waals surface area (Å²) < 4.78 is 1.21. The van der Waals surface area contributed by atoms with E-state index in [-0.39, 0.29) is 5.12 Å². The molecule has 1 amide bonds. The first-order valence-corrected chi connectivity index (χ1v) is 11.2. The van der Waals surface area contributed by atoms with E-state index < -0.39 is 23.1 Å². The van der Waals surface area contributed by atoms with E-state index in [9.17, 15) is 14.4 Å². The molecular formula is C21H25NO3S2. The molecule has 0 bridgehead atoms. The molecule has 1 saturated heterocycles. The third-order valence-electron chi connectivity index (χ3n) is 5.41. The molecule has 2 heterocycles. The van der Waals surface area contributed by atoms with Crippen LogP contribution >= 0.6 is 23.1 Å². The highest BCUT2D eigenvalue weighted by atomic mass is 32.2. The van der Waals surface area contributed by atoms with Crippen LogP contribution in [0.3, 0.4) is 0 Å². The predicted octanol–water partition coefficient (Wildman–Crippen LogP) is 4.66. The van der Waals surface area contributed by atoms with Gasteiger partial charge in [0.2, 0.25) is 10.9 Å². The Labute approximate surface area is 168 Å². The Morgan fingerprint density at radius 3 is 2.74 bits per heavy atom. The fourth-order valence-corrected chi connectivity index (χ4v) is 5.27. The van der Waals surface area contributed by atoms with Crippen molar-refractivity contribution in [3.63, 3.8) is 0 Å². The van der Waals surface area contributed by atoms with Crippen molar-refractivity contribution < 1.29 is 14.4 Å². The molecule has 0 aliphatic carbocycles. The molecule has 3 rings (SSSR count). The second-order valence-corrected chi connectivity index (χ2v) is 9.48. The van der Waals surface area contributed by atoms with Gasteiger partial charge in [-0.15, -0.1) is 11.3 Å². The lowest BCUT2D eigenvalue weighted by Gasteiger charge is -2.27. The Hall–Kier alpha value is -1.66. The van der Waals surface area contributed by atoms with E-state index in [2.05, 4.69) is 17.5 Å². The minimum Gasteiger partial charge on any atom is -0.325 e. The Morgan fingerprint density at radius 2 is 2.00 bits per heavy atom. The highest BCUT2D eigenvalue weighted by molar-refractivity contribution is 8.13.